The second kappa shape index (κ2) is 4.86. The normalized spacial score (nSPS) is 19.7. The van der Waals surface area contributed by atoms with Crippen LogP contribution >= 0.6 is 0 Å². The Hall–Kier alpha value is -1.38. The van der Waals surface area contributed by atoms with Crippen LogP contribution in [0.25, 0.3) is 0 Å². The van der Waals surface area contributed by atoms with Crippen molar-refractivity contribution in [1.82, 2.24) is 0 Å². The van der Waals surface area contributed by atoms with E-state index < -0.39 is 0 Å². The number of hydrogen-bond donors (Lipinski definition) is 0. The van der Waals surface area contributed by atoms with Gasteiger partial charge in [0.25, 0.3) is 0 Å². The molecule has 0 amide bonds. The van der Waals surface area contributed by atoms with Crippen LogP contribution in [-0.4, -0.2) is 18.9 Å². The predicted octanol–water partition coefficient (Wildman–Crippen LogP) is 3.26. The first kappa shape index (κ1) is 12.1. The minimum Gasteiger partial charge on any atom is -0.368 e. The Morgan fingerprint density at radius 1 is 1.53 bits per heavy atom. The highest BCUT2D eigenvalue weighted by atomic mass is 19.1. The monoisotopic (exact) mass is 235 g/mol. The van der Waals surface area contributed by atoms with Crippen molar-refractivity contribution in [3.63, 3.8) is 0 Å². The summed E-state index contributed by atoms with van der Waals surface area (Å²) in [6.45, 7) is 5.35. The Labute approximate surface area is 101 Å². The maximum Gasteiger partial charge on any atom is 0.161 e. The fourth-order valence-electron chi connectivity index (χ4n) is 2.49. The van der Waals surface area contributed by atoms with E-state index in [2.05, 4.69) is 6.92 Å². The molecule has 2 nitrogen and oxygen atoms in total. The fourth-order valence-corrected chi connectivity index (χ4v) is 2.49. The minimum absolute atomic E-state index is 0.0700. The average molecular weight is 235 g/mol. The molecule has 1 unspecified atom stereocenters. The van der Waals surface area contributed by atoms with Crippen LogP contribution in [0.1, 0.15) is 37.0 Å². The Balaban J connectivity index is 2.34. The number of Topliss-reactive ketones (excluding diaryl/α,β-unsaturated/α-hetero) is 1. The van der Waals surface area contributed by atoms with Gasteiger partial charge in [-0.25, -0.2) is 4.39 Å². The molecule has 1 aromatic carbocycles. The van der Waals surface area contributed by atoms with Crippen LogP contribution in [0.2, 0.25) is 0 Å². The first-order valence-electron chi connectivity index (χ1n) is 6.18. The molecule has 1 fully saturated rings. The van der Waals surface area contributed by atoms with Crippen LogP contribution < -0.4 is 4.90 Å². The van der Waals surface area contributed by atoms with Gasteiger partial charge in [-0.3, -0.25) is 4.79 Å². The molecule has 0 bridgehead atoms. The van der Waals surface area contributed by atoms with E-state index in [0.29, 0.717) is 17.2 Å². The largest absolute Gasteiger partial charge is 0.368 e. The Bertz CT molecular complexity index is 430. The van der Waals surface area contributed by atoms with Crippen molar-refractivity contribution in [2.45, 2.75) is 26.7 Å². The van der Waals surface area contributed by atoms with Gasteiger partial charge in [-0.2, -0.15) is 0 Å². The van der Waals surface area contributed by atoms with Gasteiger partial charge in [0, 0.05) is 18.7 Å². The van der Waals surface area contributed by atoms with E-state index in [0.717, 1.165) is 25.9 Å². The minimum atomic E-state index is -0.283. The maximum absolute atomic E-state index is 13.9. The lowest BCUT2D eigenvalue weighted by atomic mass is 10.1. The van der Waals surface area contributed by atoms with Crippen LogP contribution in [0, 0.1) is 11.7 Å². The number of hydrogen-bond acceptors (Lipinski definition) is 2. The van der Waals surface area contributed by atoms with Gasteiger partial charge in [0.15, 0.2) is 5.78 Å². The van der Waals surface area contributed by atoms with Gasteiger partial charge in [0.05, 0.1) is 5.69 Å². The summed E-state index contributed by atoms with van der Waals surface area (Å²) in [4.78, 5) is 13.5. The topological polar surface area (TPSA) is 20.3 Å². The molecule has 1 aliphatic heterocycles. The highest BCUT2D eigenvalue weighted by Crippen LogP contribution is 2.30. The molecule has 0 N–H and O–H groups in total. The third-order valence-corrected chi connectivity index (χ3v) is 3.55. The molecular formula is C14H18FNO. The summed E-state index contributed by atoms with van der Waals surface area (Å²) in [6.07, 6.45) is 2.20. The number of anilines is 1. The molecule has 92 valence electrons. The van der Waals surface area contributed by atoms with Gasteiger partial charge in [0.1, 0.15) is 5.82 Å². The van der Waals surface area contributed by atoms with Gasteiger partial charge in [-0.05, 0) is 31.4 Å². The summed E-state index contributed by atoms with van der Waals surface area (Å²) < 4.78 is 13.9. The van der Waals surface area contributed by atoms with E-state index in [9.17, 15) is 9.18 Å². The lowest BCUT2D eigenvalue weighted by Crippen LogP contribution is -2.23. The van der Waals surface area contributed by atoms with E-state index in [-0.39, 0.29) is 11.6 Å². The van der Waals surface area contributed by atoms with E-state index >= 15 is 0 Å². The van der Waals surface area contributed by atoms with Gasteiger partial charge < -0.3 is 4.90 Å². The molecule has 17 heavy (non-hydrogen) atoms. The highest BCUT2D eigenvalue weighted by Gasteiger charge is 2.26. The van der Waals surface area contributed by atoms with Crippen molar-refractivity contribution in [3.8, 4) is 0 Å². The van der Waals surface area contributed by atoms with E-state index in [1.807, 2.05) is 4.90 Å². The Morgan fingerprint density at radius 3 is 2.88 bits per heavy atom. The standard InChI is InChI=1S/C14H18FNO/c1-3-11-7-8-16(9-11)14-12(10(2)17)5-4-6-13(14)15/h4-6,11H,3,7-9H2,1-2H3. The van der Waals surface area contributed by atoms with Gasteiger partial charge in [-0.1, -0.05) is 19.4 Å². The molecule has 1 heterocycles. The van der Waals surface area contributed by atoms with Crippen molar-refractivity contribution in [1.29, 1.82) is 0 Å². The third kappa shape index (κ3) is 2.33. The summed E-state index contributed by atoms with van der Waals surface area (Å²) in [6, 6.07) is 4.74. The molecule has 0 aliphatic carbocycles. The van der Waals surface area contributed by atoms with Crippen LogP contribution in [0.3, 0.4) is 0 Å². The molecular weight excluding hydrogens is 217 g/mol. The lowest BCUT2D eigenvalue weighted by molar-refractivity contribution is 0.101. The van der Waals surface area contributed by atoms with Crippen LogP contribution in [0.4, 0.5) is 10.1 Å². The zero-order valence-corrected chi connectivity index (χ0v) is 10.4. The van der Waals surface area contributed by atoms with Crippen molar-refractivity contribution in [2.24, 2.45) is 5.92 Å². The molecule has 1 atom stereocenters. The summed E-state index contributed by atoms with van der Waals surface area (Å²) in [5.74, 6) is 0.267. The van der Waals surface area contributed by atoms with E-state index in [4.69, 9.17) is 0 Å². The van der Waals surface area contributed by atoms with Crippen LogP contribution in [0.5, 0.6) is 0 Å². The molecule has 0 spiro atoms. The summed E-state index contributed by atoms with van der Waals surface area (Å²) in [5, 5.41) is 0. The molecule has 0 radical (unpaired) electrons. The van der Waals surface area contributed by atoms with Gasteiger partial charge in [-0.15, -0.1) is 0 Å². The summed E-state index contributed by atoms with van der Waals surface area (Å²) in [7, 11) is 0. The number of halogens is 1. The zero-order valence-electron chi connectivity index (χ0n) is 10.4. The molecule has 1 saturated heterocycles. The Kier molecular flexibility index (Phi) is 3.46. The Morgan fingerprint density at radius 2 is 2.29 bits per heavy atom. The first-order valence-corrected chi connectivity index (χ1v) is 6.18. The zero-order chi connectivity index (χ0) is 12.4. The number of benzene rings is 1. The van der Waals surface area contributed by atoms with E-state index in [1.54, 1.807) is 12.1 Å². The quantitative estimate of drug-likeness (QED) is 0.749. The fraction of sp³-hybridized carbons (Fsp3) is 0.500. The SMILES string of the molecule is CCC1CCN(c2c(F)cccc2C(C)=O)C1. The van der Waals surface area contributed by atoms with Gasteiger partial charge in [0.2, 0.25) is 0 Å². The number of para-hydroxylation sites is 1. The molecule has 1 aromatic rings. The van der Waals surface area contributed by atoms with Crippen LogP contribution in [-0.2, 0) is 0 Å². The summed E-state index contributed by atoms with van der Waals surface area (Å²) in [5.41, 5.74) is 0.998. The summed E-state index contributed by atoms with van der Waals surface area (Å²) >= 11 is 0. The molecule has 2 rings (SSSR count). The predicted molar refractivity (Wildman–Crippen MR) is 67.0 cm³/mol. The highest BCUT2D eigenvalue weighted by molar-refractivity contribution is 5.99. The number of nitrogens with zero attached hydrogens (tertiary/aromatic N) is 1. The maximum atomic E-state index is 13.9. The second-order valence-corrected chi connectivity index (χ2v) is 4.70. The number of ketones is 1. The van der Waals surface area contributed by atoms with Crippen molar-refractivity contribution >= 4 is 11.5 Å². The van der Waals surface area contributed by atoms with Crippen molar-refractivity contribution in [3.05, 3.63) is 29.6 Å². The lowest BCUT2D eigenvalue weighted by Gasteiger charge is -2.21. The smallest absolute Gasteiger partial charge is 0.161 e. The molecule has 3 heteroatoms. The number of carbonyl (C=O) groups excluding carboxylic acids is 1. The average Bonchev–Trinajstić information content (AvgIpc) is 2.76. The first-order chi connectivity index (χ1) is 8.13. The van der Waals surface area contributed by atoms with Crippen molar-refractivity contribution in [2.75, 3.05) is 18.0 Å². The van der Waals surface area contributed by atoms with Crippen molar-refractivity contribution < 1.29 is 9.18 Å². The van der Waals surface area contributed by atoms with E-state index in [1.165, 1.54) is 13.0 Å². The molecule has 0 aromatic heterocycles. The third-order valence-electron chi connectivity index (χ3n) is 3.55. The number of rotatable bonds is 3. The molecule has 1 aliphatic rings. The second-order valence-electron chi connectivity index (χ2n) is 4.70. The van der Waals surface area contributed by atoms with Gasteiger partial charge >= 0.3 is 0 Å². The number of carbonyl (C=O) groups is 1. The molecule has 0 saturated carbocycles. The van der Waals surface area contributed by atoms with Crippen LogP contribution in [0.15, 0.2) is 18.2 Å².